The van der Waals surface area contributed by atoms with Crippen LogP contribution < -0.4 is 5.32 Å². The maximum Gasteiger partial charge on any atom is 0.141 e. The number of hydrogen-bond acceptors (Lipinski definition) is 3. The summed E-state index contributed by atoms with van der Waals surface area (Å²) in [5, 5.41) is 3.37. The van der Waals surface area contributed by atoms with Gasteiger partial charge in [-0.05, 0) is 17.5 Å². The summed E-state index contributed by atoms with van der Waals surface area (Å²) in [4.78, 5) is 8.35. The van der Waals surface area contributed by atoms with Crippen molar-refractivity contribution in [3.63, 3.8) is 0 Å². The van der Waals surface area contributed by atoms with Gasteiger partial charge in [-0.15, -0.1) is 0 Å². The van der Waals surface area contributed by atoms with E-state index in [4.69, 9.17) is 0 Å². The maximum atomic E-state index is 4.17. The zero-order chi connectivity index (χ0) is 11.9. The van der Waals surface area contributed by atoms with Gasteiger partial charge in [-0.2, -0.15) is 0 Å². The van der Waals surface area contributed by atoms with E-state index in [1.807, 2.05) is 12.1 Å². The molecule has 2 aromatic rings. The Kier molecular flexibility index (Phi) is 4.22. The zero-order valence-corrected chi connectivity index (χ0v) is 10.0. The van der Waals surface area contributed by atoms with E-state index in [0.717, 1.165) is 18.9 Å². The standard InChI is InChI=1S/C14H17N3/c1-12(13-6-3-2-4-7-13)10-15-11-14-16-8-5-9-17-14/h2-9,12,15H,10-11H2,1H3. The van der Waals surface area contributed by atoms with E-state index in [9.17, 15) is 0 Å². The predicted molar refractivity (Wildman–Crippen MR) is 68.6 cm³/mol. The third-order valence-electron chi connectivity index (χ3n) is 2.72. The van der Waals surface area contributed by atoms with Crippen LogP contribution in [0.1, 0.15) is 24.2 Å². The average molecular weight is 227 g/mol. The van der Waals surface area contributed by atoms with Crippen LogP contribution in [-0.2, 0) is 6.54 Å². The van der Waals surface area contributed by atoms with Gasteiger partial charge in [0.1, 0.15) is 5.82 Å². The number of aromatic nitrogens is 2. The smallest absolute Gasteiger partial charge is 0.141 e. The molecule has 1 aromatic heterocycles. The molecule has 3 heteroatoms. The van der Waals surface area contributed by atoms with Crippen LogP contribution in [-0.4, -0.2) is 16.5 Å². The number of benzene rings is 1. The van der Waals surface area contributed by atoms with Crippen molar-refractivity contribution in [2.45, 2.75) is 19.4 Å². The molecule has 1 heterocycles. The third-order valence-corrected chi connectivity index (χ3v) is 2.72. The molecule has 1 aromatic carbocycles. The fourth-order valence-corrected chi connectivity index (χ4v) is 1.72. The van der Waals surface area contributed by atoms with Crippen molar-refractivity contribution in [3.8, 4) is 0 Å². The SMILES string of the molecule is CC(CNCc1ncccn1)c1ccccc1. The summed E-state index contributed by atoms with van der Waals surface area (Å²) in [6.07, 6.45) is 3.54. The summed E-state index contributed by atoms with van der Waals surface area (Å²) < 4.78 is 0. The first kappa shape index (κ1) is 11.7. The number of nitrogens with zero attached hydrogens (tertiary/aromatic N) is 2. The Morgan fingerprint density at radius 3 is 2.47 bits per heavy atom. The van der Waals surface area contributed by atoms with Gasteiger partial charge in [0.15, 0.2) is 0 Å². The number of hydrogen-bond donors (Lipinski definition) is 1. The van der Waals surface area contributed by atoms with Crippen molar-refractivity contribution in [3.05, 3.63) is 60.2 Å². The van der Waals surface area contributed by atoms with Gasteiger partial charge >= 0.3 is 0 Å². The Morgan fingerprint density at radius 2 is 1.76 bits per heavy atom. The molecule has 3 nitrogen and oxygen atoms in total. The molecule has 0 saturated heterocycles. The van der Waals surface area contributed by atoms with Gasteiger partial charge in [0.05, 0.1) is 6.54 Å². The summed E-state index contributed by atoms with van der Waals surface area (Å²) in [5.74, 6) is 1.34. The van der Waals surface area contributed by atoms with Crippen LogP contribution in [0.15, 0.2) is 48.8 Å². The van der Waals surface area contributed by atoms with Crippen LogP contribution in [0.2, 0.25) is 0 Å². The van der Waals surface area contributed by atoms with Crippen molar-refractivity contribution in [1.29, 1.82) is 0 Å². The molecule has 0 amide bonds. The molecule has 1 unspecified atom stereocenters. The molecular formula is C14H17N3. The van der Waals surface area contributed by atoms with Crippen LogP contribution >= 0.6 is 0 Å². The molecule has 0 aliphatic rings. The minimum absolute atomic E-state index is 0.500. The van der Waals surface area contributed by atoms with Gasteiger partial charge in [-0.25, -0.2) is 9.97 Å². The highest BCUT2D eigenvalue weighted by atomic mass is 15.0. The first-order chi connectivity index (χ1) is 8.36. The second-order valence-corrected chi connectivity index (χ2v) is 4.11. The fourth-order valence-electron chi connectivity index (χ4n) is 1.72. The highest BCUT2D eigenvalue weighted by Crippen LogP contribution is 2.12. The highest BCUT2D eigenvalue weighted by molar-refractivity contribution is 5.18. The molecule has 0 aliphatic heterocycles. The summed E-state index contributed by atoms with van der Waals surface area (Å²) in [6.45, 7) is 3.87. The Morgan fingerprint density at radius 1 is 1.06 bits per heavy atom. The summed E-state index contributed by atoms with van der Waals surface area (Å²) in [7, 11) is 0. The normalized spacial score (nSPS) is 12.3. The van der Waals surface area contributed by atoms with Crippen molar-refractivity contribution in [2.24, 2.45) is 0 Å². The van der Waals surface area contributed by atoms with Gasteiger partial charge in [0, 0.05) is 18.9 Å². The highest BCUT2D eigenvalue weighted by Gasteiger charge is 2.04. The van der Waals surface area contributed by atoms with Crippen LogP contribution in [0.4, 0.5) is 0 Å². The van der Waals surface area contributed by atoms with E-state index in [0.29, 0.717) is 5.92 Å². The molecule has 0 aliphatic carbocycles. The van der Waals surface area contributed by atoms with E-state index in [1.165, 1.54) is 5.56 Å². The molecular weight excluding hydrogens is 210 g/mol. The van der Waals surface area contributed by atoms with E-state index < -0.39 is 0 Å². The first-order valence-electron chi connectivity index (χ1n) is 5.88. The van der Waals surface area contributed by atoms with Gasteiger partial charge in [-0.1, -0.05) is 37.3 Å². The van der Waals surface area contributed by atoms with E-state index in [2.05, 4.69) is 46.5 Å². The molecule has 0 fully saturated rings. The molecule has 0 spiro atoms. The average Bonchev–Trinajstić information content (AvgIpc) is 2.41. The van der Waals surface area contributed by atoms with Gasteiger partial charge < -0.3 is 5.32 Å². The van der Waals surface area contributed by atoms with Gasteiger partial charge in [0.25, 0.3) is 0 Å². The lowest BCUT2D eigenvalue weighted by Gasteiger charge is -2.12. The number of rotatable bonds is 5. The second kappa shape index (κ2) is 6.11. The Labute approximate surface area is 102 Å². The largest absolute Gasteiger partial charge is 0.309 e. The lowest BCUT2D eigenvalue weighted by Crippen LogP contribution is -2.20. The predicted octanol–water partition coefficient (Wildman–Crippen LogP) is 2.37. The van der Waals surface area contributed by atoms with Crippen molar-refractivity contribution >= 4 is 0 Å². The topological polar surface area (TPSA) is 37.8 Å². The molecule has 0 saturated carbocycles. The first-order valence-corrected chi connectivity index (χ1v) is 5.88. The minimum atomic E-state index is 0.500. The Balaban J connectivity index is 1.79. The van der Waals surface area contributed by atoms with Gasteiger partial charge in [0.2, 0.25) is 0 Å². The minimum Gasteiger partial charge on any atom is -0.309 e. The van der Waals surface area contributed by atoms with Gasteiger partial charge in [-0.3, -0.25) is 0 Å². The molecule has 17 heavy (non-hydrogen) atoms. The van der Waals surface area contributed by atoms with E-state index >= 15 is 0 Å². The van der Waals surface area contributed by atoms with E-state index in [-0.39, 0.29) is 0 Å². The Bertz CT molecular complexity index is 428. The lowest BCUT2D eigenvalue weighted by molar-refractivity contribution is 0.599. The monoisotopic (exact) mass is 227 g/mol. The quantitative estimate of drug-likeness (QED) is 0.852. The number of nitrogens with one attached hydrogen (secondary N) is 1. The van der Waals surface area contributed by atoms with Crippen molar-refractivity contribution in [1.82, 2.24) is 15.3 Å². The van der Waals surface area contributed by atoms with Crippen molar-refractivity contribution < 1.29 is 0 Å². The van der Waals surface area contributed by atoms with E-state index in [1.54, 1.807) is 12.4 Å². The maximum absolute atomic E-state index is 4.17. The van der Waals surface area contributed by atoms with Crippen LogP contribution in [0.25, 0.3) is 0 Å². The molecule has 88 valence electrons. The molecule has 1 N–H and O–H groups in total. The van der Waals surface area contributed by atoms with Crippen LogP contribution in [0.5, 0.6) is 0 Å². The third kappa shape index (κ3) is 3.64. The lowest BCUT2D eigenvalue weighted by atomic mass is 10.0. The van der Waals surface area contributed by atoms with Crippen LogP contribution in [0.3, 0.4) is 0 Å². The molecule has 2 rings (SSSR count). The van der Waals surface area contributed by atoms with Crippen LogP contribution in [0, 0.1) is 0 Å². The molecule has 0 radical (unpaired) electrons. The summed E-state index contributed by atoms with van der Waals surface area (Å²) >= 11 is 0. The second-order valence-electron chi connectivity index (χ2n) is 4.11. The molecule has 1 atom stereocenters. The molecule has 0 bridgehead atoms. The van der Waals surface area contributed by atoms with Crippen molar-refractivity contribution in [2.75, 3.05) is 6.54 Å². The Hall–Kier alpha value is -1.74. The summed E-state index contributed by atoms with van der Waals surface area (Å²) in [6, 6.07) is 12.3. The zero-order valence-electron chi connectivity index (χ0n) is 10.0. The fraction of sp³-hybridized carbons (Fsp3) is 0.286. The summed E-state index contributed by atoms with van der Waals surface area (Å²) in [5.41, 5.74) is 1.36.